The fraction of sp³-hybridized carbons (Fsp3) is 0.943. The molecule has 36 heavy (non-hydrogen) atoms. The van der Waals surface area contributed by atoms with Crippen molar-refractivity contribution >= 4 is 0 Å². The number of rotatable bonds is 7. The number of methoxy groups -OCH3 is 1. The second kappa shape index (κ2) is 8.60. The summed E-state index contributed by atoms with van der Waals surface area (Å²) in [5.74, 6) is 5.69. The number of hydrogen-bond acceptors (Lipinski definition) is 1. The molecule has 0 bridgehead atoms. The lowest BCUT2D eigenvalue weighted by atomic mass is 9.41. The molecule has 1 nitrogen and oxygen atoms in total. The van der Waals surface area contributed by atoms with Crippen molar-refractivity contribution in [2.45, 2.75) is 133 Å². The fourth-order valence-corrected chi connectivity index (χ4v) is 12.7. The molecule has 0 saturated heterocycles. The van der Waals surface area contributed by atoms with Crippen molar-refractivity contribution < 1.29 is 4.74 Å². The molecule has 0 N–H and O–H groups in total. The number of fused-ring (bicyclic) bond motifs is 2. The van der Waals surface area contributed by atoms with Gasteiger partial charge in [0.15, 0.2) is 0 Å². The minimum Gasteiger partial charge on any atom is -0.381 e. The minimum atomic E-state index is 0.335. The van der Waals surface area contributed by atoms with Crippen LogP contribution >= 0.6 is 0 Å². The molecular weight excluding hydrogens is 436 g/mol. The Hall–Kier alpha value is -0.300. The monoisotopic (exact) mass is 496 g/mol. The third-order valence-electron chi connectivity index (χ3n) is 15.0. The van der Waals surface area contributed by atoms with E-state index in [1.54, 1.807) is 6.42 Å². The molecule has 0 aliphatic heterocycles. The van der Waals surface area contributed by atoms with Crippen LogP contribution in [0.4, 0.5) is 0 Å². The van der Waals surface area contributed by atoms with E-state index in [2.05, 4.69) is 68.9 Å². The van der Waals surface area contributed by atoms with Crippen LogP contribution in [0.3, 0.4) is 0 Å². The highest BCUT2D eigenvalue weighted by Gasteiger charge is 2.82. The highest BCUT2D eigenvalue weighted by molar-refractivity contribution is 5.30. The minimum absolute atomic E-state index is 0.335. The maximum Gasteiger partial charge on any atom is 0.0625 e. The van der Waals surface area contributed by atoms with E-state index in [-0.39, 0.29) is 0 Å². The molecule has 5 saturated carbocycles. The first-order valence-corrected chi connectivity index (χ1v) is 15.9. The third kappa shape index (κ3) is 3.35. The zero-order valence-corrected chi connectivity index (χ0v) is 25.8. The second-order valence-electron chi connectivity index (χ2n) is 16.5. The largest absolute Gasteiger partial charge is 0.381 e. The quantitative estimate of drug-likeness (QED) is 0.319. The van der Waals surface area contributed by atoms with Gasteiger partial charge in [-0.1, -0.05) is 67.5 Å². The Kier molecular flexibility index (Phi) is 6.51. The van der Waals surface area contributed by atoms with Crippen LogP contribution in [0.2, 0.25) is 0 Å². The summed E-state index contributed by atoms with van der Waals surface area (Å²) in [7, 11) is 1.96. The summed E-state index contributed by atoms with van der Waals surface area (Å²) >= 11 is 0. The van der Waals surface area contributed by atoms with Crippen molar-refractivity contribution in [2.24, 2.45) is 68.5 Å². The van der Waals surface area contributed by atoms with Gasteiger partial charge in [-0.15, -0.1) is 0 Å². The van der Waals surface area contributed by atoms with Gasteiger partial charge in [0.1, 0.15) is 0 Å². The van der Waals surface area contributed by atoms with Crippen LogP contribution < -0.4 is 0 Å². The molecule has 11 atom stereocenters. The third-order valence-corrected chi connectivity index (χ3v) is 15.0. The Labute approximate surface area is 225 Å². The number of ether oxygens (including phenoxy) is 1. The van der Waals surface area contributed by atoms with Gasteiger partial charge in [-0.05, 0) is 140 Å². The predicted octanol–water partition coefficient (Wildman–Crippen LogP) is 9.95. The summed E-state index contributed by atoms with van der Waals surface area (Å²) in [5, 5.41) is 0. The van der Waals surface area contributed by atoms with Crippen LogP contribution in [0, 0.1) is 68.5 Å². The Morgan fingerprint density at radius 3 is 2.08 bits per heavy atom. The molecule has 5 aliphatic rings. The molecule has 2 spiro atoms. The van der Waals surface area contributed by atoms with Crippen molar-refractivity contribution in [1.29, 1.82) is 0 Å². The van der Waals surface area contributed by atoms with E-state index >= 15 is 0 Å². The summed E-state index contributed by atoms with van der Waals surface area (Å²) in [6.07, 6.45) is 15.0. The maximum atomic E-state index is 6.07. The van der Waals surface area contributed by atoms with Gasteiger partial charge in [0.05, 0.1) is 6.10 Å². The first-order chi connectivity index (χ1) is 16.7. The fourth-order valence-electron chi connectivity index (χ4n) is 12.7. The molecular formula is C35H60O. The lowest BCUT2D eigenvalue weighted by Gasteiger charge is -2.63. The van der Waals surface area contributed by atoms with Crippen molar-refractivity contribution in [3.05, 3.63) is 12.2 Å². The molecule has 0 amide bonds. The normalized spacial score (nSPS) is 49.3. The maximum absolute atomic E-state index is 6.07. The van der Waals surface area contributed by atoms with Crippen LogP contribution in [0.25, 0.3) is 0 Å². The molecule has 0 aromatic carbocycles. The van der Waals surface area contributed by atoms with E-state index in [9.17, 15) is 0 Å². The highest BCUT2D eigenvalue weighted by atomic mass is 16.5. The lowest BCUT2D eigenvalue weighted by molar-refractivity contribution is -0.166. The Bertz CT molecular complexity index is 870. The van der Waals surface area contributed by atoms with Crippen LogP contribution in [0.15, 0.2) is 12.2 Å². The van der Waals surface area contributed by atoms with Gasteiger partial charge >= 0.3 is 0 Å². The molecule has 206 valence electrons. The van der Waals surface area contributed by atoms with E-state index < -0.39 is 0 Å². The molecule has 5 aliphatic carbocycles. The van der Waals surface area contributed by atoms with Crippen molar-refractivity contribution in [3.63, 3.8) is 0 Å². The molecule has 0 heterocycles. The van der Waals surface area contributed by atoms with Crippen molar-refractivity contribution in [3.8, 4) is 0 Å². The van der Waals surface area contributed by atoms with Gasteiger partial charge in [-0.25, -0.2) is 0 Å². The van der Waals surface area contributed by atoms with Gasteiger partial charge in [0.25, 0.3) is 0 Å². The van der Waals surface area contributed by atoms with E-state index in [0.29, 0.717) is 39.1 Å². The van der Waals surface area contributed by atoms with Gasteiger partial charge in [-0.3, -0.25) is 0 Å². The molecule has 5 fully saturated rings. The predicted molar refractivity (Wildman–Crippen MR) is 154 cm³/mol. The Morgan fingerprint density at radius 1 is 0.833 bits per heavy atom. The zero-order chi connectivity index (χ0) is 26.5. The topological polar surface area (TPSA) is 9.23 Å². The summed E-state index contributed by atoms with van der Waals surface area (Å²) in [6.45, 7) is 27.3. The van der Waals surface area contributed by atoms with Crippen LogP contribution in [-0.4, -0.2) is 13.2 Å². The summed E-state index contributed by atoms with van der Waals surface area (Å²) in [4.78, 5) is 0. The lowest BCUT2D eigenvalue weighted by Crippen LogP contribution is -2.57. The van der Waals surface area contributed by atoms with E-state index in [0.717, 1.165) is 35.5 Å². The molecule has 0 aromatic heterocycles. The van der Waals surface area contributed by atoms with E-state index in [1.165, 1.54) is 63.4 Å². The molecule has 1 heteroatoms. The standard InChI is InChI=1S/C35H60O/c1-22(2)25(6)26(23(3)4)20-24(5)27-14-16-33(10)29-13-12-28-31(7,8)30(36-11)15-17-34(28)21-35(29,34)19-18-32(27,33)9/h23-30H,1,12-21H2,2-11H3/t24-,25+,26-,27-,28-,29-,30+,32-,33+,34-,35+/m1/s1. The summed E-state index contributed by atoms with van der Waals surface area (Å²) in [5.41, 5.74) is 4.07. The molecule has 0 aromatic rings. The van der Waals surface area contributed by atoms with E-state index in [1.807, 2.05) is 7.11 Å². The molecule has 0 radical (unpaired) electrons. The molecule has 0 unspecified atom stereocenters. The van der Waals surface area contributed by atoms with Crippen molar-refractivity contribution in [2.75, 3.05) is 7.11 Å². The number of hydrogen-bond donors (Lipinski definition) is 0. The van der Waals surface area contributed by atoms with Gasteiger partial charge in [0.2, 0.25) is 0 Å². The van der Waals surface area contributed by atoms with E-state index in [4.69, 9.17) is 4.74 Å². The van der Waals surface area contributed by atoms with Gasteiger partial charge < -0.3 is 4.74 Å². The van der Waals surface area contributed by atoms with Gasteiger partial charge in [-0.2, -0.15) is 0 Å². The summed E-state index contributed by atoms with van der Waals surface area (Å²) in [6, 6.07) is 0. The van der Waals surface area contributed by atoms with Crippen molar-refractivity contribution in [1.82, 2.24) is 0 Å². The molecule has 5 rings (SSSR count). The van der Waals surface area contributed by atoms with Crippen LogP contribution in [0.1, 0.15) is 127 Å². The Balaban J connectivity index is 1.39. The van der Waals surface area contributed by atoms with Crippen LogP contribution in [-0.2, 0) is 4.74 Å². The van der Waals surface area contributed by atoms with Crippen LogP contribution in [0.5, 0.6) is 0 Å². The highest BCUT2D eigenvalue weighted by Crippen LogP contribution is 2.89. The average Bonchev–Trinajstić information content (AvgIpc) is 3.38. The average molecular weight is 497 g/mol. The first-order valence-electron chi connectivity index (χ1n) is 15.9. The summed E-state index contributed by atoms with van der Waals surface area (Å²) < 4.78 is 6.07. The van der Waals surface area contributed by atoms with Gasteiger partial charge in [0, 0.05) is 7.11 Å². The number of allylic oxidation sites excluding steroid dienone is 1. The zero-order valence-electron chi connectivity index (χ0n) is 25.8. The SMILES string of the molecule is C=C(C)[C@H](C)[C@H](C[C@@H](C)[C@H]1CC[C@@]2(C)[C@H]3CC[C@@H]4C(C)(C)[C@@H](OC)CC[C@@]45C[C@@]35CC[C@]12C)C(C)C. The smallest absolute Gasteiger partial charge is 0.0625 e. The first kappa shape index (κ1) is 27.3. The second-order valence-corrected chi connectivity index (χ2v) is 16.5. The Morgan fingerprint density at radius 2 is 1.47 bits per heavy atom.